The molecule has 0 saturated heterocycles. The molecule has 12 heteroatoms. The molecular formula is C19H20N4O7S. The van der Waals surface area contributed by atoms with Crippen molar-refractivity contribution in [2.75, 3.05) is 21.3 Å². The second kappa shape index (κ2) is 8.70. The summed E-state index contributed by atoms with van der Waals surface area (Å²) < 4.78 is 42.3. The molecule has 0 fully saturated rings. The van der Waals surface area contributed by atoms with Gasteiger partial charge in [0.2, 0.25) is 21.7 Å². The third-order valence-corrected chi connectivity index (χ3v) is 6.35. The molecule has 0 aliphatic carbocycles. The van der Waals surface area contributed by atoms with Gasteiger partial charge in [0.15, 0.2) is 11.5 Å². The molecule has 31 heavy (non-hydrogen) atoms. The molecule has 3 aromatic rings. The normalized spacial score (nSPS) is 11.5. The summed E-state index contributed by atoms with van der Waals surface area (Å²) in [5, 5.41) is 15.0. The minimum Gasteiger partial charge on any atom is -0.493 e. The smallest absolute Gasteiger partial charge is 0.273 e. The van der Waals surface area contributed by atoms with E-state index in [0.29, 0.717) is 22.6 Å². The van der Waals surface area contributed by atoms with Crippen LogP contribution in [0.2, 0.25) is 0 Å². The van der Waals surface area contributed by atoms with Crippen LogP contribution in [-0.2, 0) is 16.6 Å². The van der Waals surface area contributed by atoms with Crippen LogP contribution in [0.15, 0.2) is 45.8 Å². The Hall–Kier alpha value is -3.51. The Balaban J connectivity index is 1.83. The standard InChI is InChI=1S/C19H20N4O7S/c1-12-5-7-14(10-15(12)23(24)25)31(26,27)22(2)11-18-20-19(21-30-18)13-6-8-16(28-3)17(9-13)29-4/h5-10H,11H2,1-4H3. The van der Waals surface area contributed by atoms with Gasteiger partial charge in [0, 0.05) is 24.2 Å². The van der Waals surface area contributed by atoms with Crippen LogP contribution < -0.4 is 9.47 Å². The molecule has 0 atom stereocenters. The molecular weight excluding hydrogens is 428 g/mol. The molecule has 0 radical (unpaired) electrons. The highest BCUT2D eigenvalue weighted by Crippen LogP contribution is 2.31. The predicted octanol–water partition coefficient (Wildman–Crippen LogP) is 2.79. The number of methoxy groups -OCH3 is 2. The van der Waals surface area contributed by atoms with Crippen molar-refractivity contribution < 1.29 is 27.3 Å². The topological polar surface area (TPSA) is 138 Å². The molecule has 11 nitrogen and oxygen atoms in total. The molecule has 1 aromatic heterocycles. The van der Waals surface area contributed by atoms with Crippen molar-refractivity contribution in [3.63, 3.8) is 0 Å². The highest BCUT2D eigenvalue weighted by molar-refractivity contribution is 7.89. The van der Waals surface area contributed by atoms with E-state index in [1.807, 2.05) is 0 Å². The number of benzene rings is 2. The number of hydrogen-bond donors (Lipinski definition) is 0. The first-order chi connectivity index (χ1) is 14.7. The van der Waals surface area contributed by atoms with Crippen LogP contribution >= 0.6 is 0 Å². The summed E-state index contributed by atoms with van der Waals surface area (Å²) >= 11 is 0. The maximum atomic E-state index is 12.8. The van der Waals surface area contributed by atoms with E-state index in [0.717, 1.165) is 10.4 Å². The monoisotopic (exact) mass is 448 g/mol. The number of ether oxygens (including phenoxy) is 2. The molecule has 0 bridgehead atoms. The summed E-state index contributed by atoms with van der Waals surface area (Å²) in [6.07, 6.45) is 0. The highest BCUT2D eigenvalue weighted by Gasteiger charge is 2.26. The van der Waals surface area contributed by atoms with Crippen molar-refractivity contribution in [1.82, 2.24) is 14.4 Å². The lowest BCUT2D eigenvalue weighted by Crippen LogP contribution is -2.26. The third-order valence-electron chi connectivity index (χ3n) is 4.55. The number of nitro benzene ring substituents is 1. The van der Waals surface area contributed by atoms with E-state index in [1.165, 1.54) is 40.3 Å². The first kappa shape index (κ1) is 22.2. The summed E-state index contributed by atoms with van der Waals surface area (Å²) in [4.78, 5) is 14.5. The average molecular weight is 448 g/mol. The fourth-order valence-corrected chi connectivity index (χ4v) is 3.95. The van der Waals surface area contributed by atoms with Crippen LogP contribution in [0.4, 0.5) is 5.69 Å². The summed E-state index contributed by atoms with van der Waals surface area (Å²) in [5.41, 5.74) is 0.679. The van der Waals surface area contributed by atoms with E-state index in [1.54, 1.807) is 18.2 Å². The summed E-state index contributed by atoms with van der Waals surface area (Å²) in [7, 11) is 0.316. The van der Waals surface area contributed by atoms with Gasteiger partial charge in [-0.15, -0.1) is 0 Å². The van der Waals surface area contributed by atoms with E-state index in [4.69, 9.17) is 14.0 Å². The van der Waals surface area contributed by atoms with Gasteiger partial charge >= 0.3 is 0 Å². The Morgan fingerprint density at radius 3 is 2.48 bits per heavy atom. The summed E-state index contributed by atoms with van der Waals surface area (Å²) in [6, 6.07) is 8.80. The number of rotatable bonds is 8. The minimum absolute atomic E-state index is 0.0532. The molecule has 0 amide bonds. The Kier molecular flexibility index (Phi) is 6.22. The number of nitrogens with zero attached hydrogens (tertiary/aromatic N) is 4. The van der Waals surface area contributed by atoms with Gasteiger partial charge in [-0.3, -0.25) is 10.1 Å². The molecule has 1 heterocycles. The van der Waals surface area contributed by atoms with E-state index >= 15 is 0 Å². The molecule has 0 saturated carbocycles. The van der Waals surface area contributed by atoms with Crippen LogP contribution in [-0.4, -0.2) is 49.1 Å². The van der Waals surface area contributed by atoms with Crippen molar-refractivity contribution in [2.24, 2.45) is 0 Å². The van der Waals surface area contributed by atoms with Crippen molar-refractivity contribution in [2.45, 2.75) is 18.4 Å². The molecule has 0 aliphatic heterocycles. The van der Waals surface area contributed by atoms with Crippen LogP contribution in [0.1, 0.15) is 11.5 Å². The molecule has 0 N–H and O–H groups in total. The molecule has 164 valence electrons. The summed E-state index contributed by atoms with van der Waals surface area (Å²) in [6.45, 7) is 1.32. The molecule has 3 rings (SSSR count). The second-order valence-corrected chi connectivity index (χ2v) is 8.59. The quantitative estimate of drug-likeness (QED) is 0.376. The molecule has 0 spiro atoms. The van der Waals surface area contributed by atoms with Crippen LogP contribution in [0.5, 0.6) is 11.5 Å². The Labute approximate surface area is 178 Å². The maximum absolute atomic E-state index is 12.8. The van der Waals surface area contributed by atoms with Crippen molar-refractivity contribution >= 4 is 15.7 Å². The minimum atomic E-state index is -4.02. The molecule has 2 aromatic carbocycles. The number of hydrogen-bond acceptors (Lipinski definition) is 9. The Bertz CT molecular complexity index is 1220. The van der Waals surface area contributed by atoms with Gasteiger partial charge in [-0.1, -0.05) is 11.2 Å². The lowest BCUT2D eigenvalue weighted by molar-refractivity contribution is -0.385. The lowest BCUT2D eigenvalue weighted by atomic mass is 10.2. The van der Waals surface area contributed by atoms with Crippen molar-refractivity contribution in [3.8, 4) is 22.9 Å². The maximum Gasteiger partial charge on any atom is 0.273 e. The van der Waals surface area contributed by atoms with Gasteiger partial charge in [0.1, 0.15) is 0 Å². The van der Waals surface area contributed by atoms with E-state index < -0.39 is 14.9 Å². The zero-order chi connectivity index (χ0) is 22.8. The van der Waals surface area contributed by atoms with Crippen molar-refractivity contribution in [3.05, 3.63) is 58.0 Å². The van der Waals surface area contributed by atoms with E-state index in [2.05, 4.69) is 10.1 Å². The van der Waals surface area contributed by atoms with Crippen LogP contribution in [0.3, 0.4) is 0 Å². The second-order valence-electron chi connectivity index (χ2n) is 6.55. The Morgan fingerprint density at radius 2 is 1.84 bits per heavy atom. The predicted molar refractivity (Wildman–Crippen MR) is 109 cm³/mol. The number of aryl methyl sites for hydroxylation is 1. The van der Waals surface area contributed by atoms with Gasteiger partial charge in [-0.25, -0.2) is 8.42 Å². The average Bonchev–Trinajstić information content (AvgIpc) is 3.21. The van der Waals surface area contributed by atoms with E-state index in [-0.39, 0.29) is 28.8 Å². The Morgan fingerprint density at radius 1 is 1.13 bits per heavy atom. The number of sulfonamides is 1. The van der Waals surface area contributed by atoms with Gasteiger partial charge in [0.25, 0.3) is 5.69 Å². The first-order valence-corrected chi connectivity index (χ1v) is 10.4. The number of aromatic nitrogens is 2. The molecule has 0 aliphatic rings. The van der Waals surface area contributed by atoms with Gasteiger partial charge in [-0.2, -0.15) is 9.29 Å². The number of nitro groups is 1. The fourth-order valence-electron chi connectivity index (χ4n) is 2.81. The largest absolute Gasteiger partial charge is 0.493 e. The van der Waals surface area contributed by atoms with Gasteiger partial charge < -0.3 is 14.0 Å². The zero-order valence-corrected chi connectivity index (χ0v) is 18.0. The van der Waals surface area contributed by atoms with Gasteiger partial charge in [0.05, 0.1) is 30.6 Å². The highest BCUT2D eigenvalue weighted by atomic mass is 32.2. The third kappa shape index (κ3) is 4.49. The molecule has 0 unspecified atom stereocenters. The fraction of sp³-hybridized carbons (Fsp3) is 0.263. The lowest BCUT2D eigenvalue weighted by Gasteiger charge is -2.15. The summed E-state index contributed by atoms with van der Waals surface area (Å²) in [5.74, 6) is 1.31. The van der Waals surface area contributed by atoms with Gasteiger partial charge in [-0.05, 0) is 31.2 Å². The van der Waals surface area contributed by atoms with Crippen LogP contribution in [0.25, 0.3) is 11.4 Å². The van der Waals surface area contributed by atoms with Crippen molar-refractivity contribution in [1.29, 1.82) is 0 Å². The first-order valence-electron chi connectivity index (χ1n) is 8.93. The van der Waals surface area contributed by atoms with Crippen LogP contribution in [0, 0.1) is 17.0 Å². The van der Waals surface area contributed by atoms with E-state index in [9.17, 15) is 18.5 Å². The SMILES string of the molecule is COc1ccc(-c2noc(CN(C)S(=O)(=O)c3ccc(C)c([N+](=O)[O-])c3)n2)cc1OC. The zero-order valence-electron chi connectivity index (χ0n) is 17.2.